The number of likely N-dealkylation sites (tertiary alicyclic amines) is 1. The van der Waals surface area contributed by atoms with Crippen molar-refractivity contribution in [3.8, 4) is 0 Å². The maximum atomic E-state index is 12.8. The van der Waals surface area contributed by atoms with E-state index in [4.69, 9.17) is 5.73 Å². The van der Waals surface area contributed by atoms with Crippen LogP contribution in [0.25, 0.3) is 0 Å². The van der Waals surface area contributed by atoms with Crippen LogP contribution in [0.5, 0.6) is 0 Å². The third-order valence-corrected chi connectivity index (χ3v) is 4.51. The van der Waals surface area contributed by atoms with E-state index in [0.29, 0.717) is 6.42 Å². The van der Waals surface area contributed by atoms with E-state index in [1.807, 2.05) is 24.3 Å². The fraction of sp³-hybridized carbons (Fsp3) is 0.571. The second-order valence-electron chi connectivity index (χ2n) is 5.47. The molecule has 0 saturated carbocycles. The lowest BCUT2D eigenvalue weighted by atomic mass is 10.0. The van der Waals surface area contributed by atoms with Crippen molar-refractivity contribution in [1.82, 2.24) is 4.90 Å². The smallest absolute Gasteiger partial charge is 0.379 e. The number of benzene rings is 1. The van der Waals surface area contributed by atoms with Gasteiger partial charge in [-0.15, -0.1) is 0 Å². The van der Waals surface area contributed by atoms with Gasteiger partial charge in [0.05, 0.1) is 0 Å². The Hall–Kier alpha value is -0.630. The van der Waals surface area contributed by atoms with Crippen LogP contribution in [0, 0.1) is 0 Å². The second kappa shape index (κ2) is 6.24. The molecule has 0 aromatic heterocycles. The zero-order valence-electron chi connectivity index (χ0n) is 11.4. The molecular weight excluding hydrogens is 349 g/mol. The predicted octanol–water partition coefficient (Wildman–Crippen LogP) is 2.32. The Morgan fingerprint density at radius 3 is 2.43 bits per heavy atom. The first kappa shape index (κ1) is 16.7. The molecule has 0 amide bonds. The minimum Gasteiger partial charge on any atom is -0.379 e. The quantitative estimate of drug-likeness (QED) is 0.859. The Bertz CT molecular complexity index is 480. The first-order valence-electron chi connectivity index (χ1n) is 6.73. The van der Waals surface area contributed by atoms with Crippen LogP contribution in [0.3, 0.4) is 0 Å². The van der Waals surface area contributed by atoms with Crippen molar-refractivity contribution in [3.05, 3.63) is 34.3 Å². The minimum atomic E-state index is -4.60. The standard InChI is InChI=1S/C14H18BrF3N2O/c15-11-3-1-10(2-4-11)7-12(8-19)20-6-5-13(21,9-20)14(16,17)18/h1-4,12,21H,5-9,19H2/t12-,13+/m1/s1. The molecule has 2 rings (SSSR count). The molecule has 3 N–H and O–H groups in total. The van der Waals surface area contributed by atoms with Gasteiger partial charge in [-0.05, 0) is 30.5 Å². The van der Waals surface area contributed by atoms with Crippen LogP contribution in [0.2, 0.25) is 0 Å². The summed E-state index contributed by atoms with van der Waals surface area (Å²) in [5, 5.41) is 9.73. The summed E-state index contributed by atoms with van der Waals surface area (Å²) < 4.78 is 39.5. The SMILES string of the molecule is NC[C@@H](Cc1ccc(Br)cc1)N1CC[C@@](O)(C(F)(F)F)C1. The summed E-state index contributed by atoms with van der Waals surface area (Å²) in [6.07, 6.45) is -4.33. The van der Waals surface area contributed by atoms with Crippen molar-refractivity contribution in [1.29, 1.82) is 0 Å². The Kier molecular flexibility index (Phi) is 4.97. The van der Waals surface area contributed by atoms with Crippen LogP contribution in [-0.4, -0.2) is 47.5 Å². The maximum absolute atomic E-state index is 12.8. The zero-order valence-corrected chi connectivity index (χ0v) is 13.0. The fourth-order valence-corrected chi connectivity index (χ4v) is 2.88. The Labute approximate surface area is 130 Å². The van der Waals surface area contributed by atoms with E-state index in [0.717, 1.165) is 10.0 Å². The van der Waals surface area contributed by atoms with Gasteiger partial charge in [-0.25, -0.2) is 0 Å². The van der Waals surface area contributed by atoms with Crippen molar-refractivity contribution >= 4 is 15.9 Å². The Balaban J connectivity index is 2.04. The lowest BCUT2D eigenvalue weighted by Gasteiger charge is -2.30. The first-order chi connectivity index (χ1) is 9.75. The number of alkyl halides is 3. The van der Waals surface area contributed by atoms with Crippen molar-refractivity contribution in [2.24, 2.45) is 5.73 Å². The summed E-state index contributed by atoms with van der Waals surface area (Å²) in [5.74, 6) is 0. The van der Waals surface area contributed by atoms with Crippen LogP contribution in [0.1, 0.15) is 12.0 Å². The molecule has 0 spiro atoms. The van der Waals surface area contributed by atoms with E-state index in [1.165, 1.54) is 0 Å². The van der Waals surface area contributed by atoms with Crippen molar-refractivity contribution in [2.45, 2.75) is 30.7 Å². The van der Waals surface area contributed by atoms with Gasteiger partial charge in [0.1, 0.15) is 0 Å². The van der Waals surface area contributed by atoms with E-state index < -0.39 is 18.3 Å². The van der Waals surface area contributed by atoms with Gasteiger partial charge in [0.25, 0.3) is 0 Å². The molecule has 21 heavy (non-hydrogen) atoms. The number of hydrogen-bond donors (Lipinski definition) is 2. The molecule has 1 saturated heterocycles. The third-order valence-electron chi connectivity index (χ3n) is 3.98. The molecule has 7 heteroatoms. The van der Waals surface area contributed by atoms with Gasteiger partial charge in [0.2, 0.25) is 0 Å². The molecule has 1 heterocycles. The topological polar surface area (TPSA) is 49.5 Å². The van der Waals surface area contributed by atoms with Crippen LogP contribution in [-0.2, 0) is 6.42 Å². The number of hydrogen-bond acceptors (Lipinski definition) is 3. The summed E-state index contributed by atoms with van der Waals surface area (Å²) in [5.41, 5.74) is 4.11. The largest absolute Gasteiger partial charge is 0.418 e. The number of aliphatic hydroxyl groups is 1. The van der Waals surface area contributed by atoms with Gasteiger partial charge in [0.15, 0.2) is 5.60 Å². The van der Waals surface area contributed by atoms with Gasteiger partial charge < -0.3 is 10.8 Å². The average molecular weight is 367 g/mol. The van der Waals surface area contributed by atoms with Crippen LogP contribution in [0.4, 0.5) is 13.2 Å². The summed E-state index contributed by atoms with van der Waals surface area (Å²) >= 11 is 3.34. The van der Waals surface area contributed by atoms with E-state index in [2.05, 4.69) is 15.9 Å². The van der Waals surface area contributed by atoms with E-state index >= 15 is 0 Å². The van der Waals surface area contributed by atoms with Crippen molar-refractivity contribution in [3.63, 3.8) is 0 Å². The molecule has 1 fully saturated rings. The molecule has 0 bridgehead atoms. The third kappa shape index (κ3) is 3.77. The highest BCUT2D eigenvalue weighted by Crippen LogP contribution is 2.38. The van der Waals surface area contributed by atoms with Crippen LogP contribution in [0.15, 0.2) is 28.7 Å². The summed E-state index contributed by atoms with van der Waals surface area (Å²) in [6.45, 7) is 0.0489. The molecule has 1 aromatic carbocycles. The highest BCUT2D eigenvalue weighted by atomic mass is 79.9. The van der Waals surface area contributed by atoms with Gasteiger partial charge >= 0.3 is 6.18 Å². The average Bonchev–Trinajstić information content (AvgIpc) is 2.81. The van der Waals surface area contributed by atoms with Gasteiger partial charge in [0, 0.05) is 30.1 Å². The number of nitrogens with two attached hydrogens (primary N) is 1. The summed E-state index contributed by atoms with van der Waals surface area (Å²) in [6, 6.07) is 7.40. The number of halogens is 4. The molecule has 3 nitrogen and oxygen atoms in total. The van der Waals surface area contributed by atoms with E-state index in [9.17, 15) is 18.3 Å². The molecule has 0 radical (unpaired) electrons. The molecule has 1 aliphatic heterocycles. The molecule has 2 atom stereocenters. The van der Waals surface area contributed by atoms with E-state index in [-0.39, 0.29) is 25.6 Å². The Morgan fingerprint density at radius 1 is 1.33 bits per heavy atom. The molecule has 118 valence electrons. The number of β-amino-alcohol motifs (C(OH)–C–C–N with tert-alkyl or cyclic N) is 1. The van der Waals surface area contributed by atoms with Crippen LogP contribution >= 0.6 is 15.9 Å². The summed E-state index contributed by atoms with van der Waals surface area (Å²) in [4.78, 5) is 1.63. The van der Waals surface area contributed by atoms with Crippen molar-refractivity contribution < 1.29 is 18.3 Å². The highest BCUT2D eigenvalue weighted by molar-refractivity contribution is 9.10. The minimum absolute atomic E-state index is 0.203. The lowest BCUT2D eigenvalue weighted by molar-refractivity contribution is -0.254. The first-order valence-corrected chi connectivity index (χ1v) is 7.52. The maximum Gasteiger partial charge on any atom is 0.418 e. The zero-order chi connectivity index (χ0) is 15.7. The normalized spacial score (nSPS) is 25.2. The van der Waals surface area contributed by atoms with Gasteiger partial charge in [-0.3, -0.25) is 4.90 Å². The molecule has 1 aliphatic rings. The molecule has 0 aliphatic carbocycles. The highest BCUT2D eigenvalue weighted by Gasteiger charge is 2.57. The molecule has 1 aromatic rings. The van der Waals surface area contributed by atoms with Crippen molar-refractivity contribution in [2.75, 3.05) is 19.6 Å². The predicted molar refractivity (Wildman–Crippen MR) is 77.9 cm³/mol. The lowest BCUT2D eigenvalue weighted by Crippen LogP contribution is -2.50. The second-order valence-corrected chi connectivity index (χ2v) is 6.39. The fourth-order valence-electron chi connectivity index (χ4n) is 2.62. The van der Waals surface area contributed by atoms with Gasteiger partial charge in [-0.1, -0.05) is 28.1 Å². The number of rotatable bonds is 4. The molecular formula is C14H18BrF3N2O. The van der Waals surface area contributed by atoms with Gasteiger partial charge in [-0.2, -0.15) is 13.2 Å². The molecule has 0 unspecified atom stereocenters. The van der Waals surface area contributed by atoms with E-state index in [1.54, 1.807) is 4.90 Å². The number of nitrogens with zero attached hydrogens (tertiary/aromatic N) is 1. The van der Waals surface area contributed by atoms with Crippen LogP contribution < -0.4 is 5.73 Å². The summed E-state index contributed by atoms with van der Waals surface area (Å²) in [7, 11) is 0. The Morgan fingerprint density at radius 2 is 1.95 bits per heavy atom. The monoisotopic (exact) mass is 366 g/mol.